The number of para-hydroxylation sites is 1. The van der Waals surface area contributed by atoms with Crippen molar-refractivity contribution in [2.45, 2.75) is 11.4 Å². The fourth-order valence-corrected chi connectivity index (χ4v) is 3.30. The van der Waals surface area contributed by atoms with Crippen molar-refractivity contribution in [3.8, 4) is 11.5 Å². The summed E-state index contributed by atoms with van der Waals surface area (Å²) < 4.78 is 5.80. The molecule has 0 saturated carbocycles. The number of carbonyl (C=O) groups is 1. The van der Waals surface area contributed by atoms with Gasteiger partial charge in [-0.3, -0.25) is 5.32 Å². The SMILES string of the molecule is O=C(O)C1NC(c2cccc(Oc3ccccc3)c2)CS1. The standard InChI is InChI=1S/C16H15NO3S/c18-16(19)15-17-14(10-21-15)11-5-4-8-13(9-11)20-12-6-2-1-3-7-12/h1-9,14-15,17H,10H2,(H,18,19). The average Bonchev–Trinajstić information content (AvgIpc) is 2.99. The zero-order chi connectivity index (χ0) is 14.7. The number of carboxylic acids is 1. The van der Waals surface area contributed by atoms with Gasteiger partial charge in [-0.15, -0.1) is 11.8 Å². The smallest absolute Gasteiger partial charge is 0.331 e. The van der Waals surface area contributed by atoms with Gasteiger partial charge in [0, 0.05) is 11.8 Å². The minimum absolute atomic E-state index is 0.0374. The molecule has 0 amide bonds. The first-order valence-electron chi connectivity index (χ1n) is 6.66. The normalized spacial score (nSPS) is 21.1. The van der Waals surface area contributed by atoms with Gasteiger partial charge in [0.2, 0.25) is 0 Å². The van der Waals surface area contributed by atoms with E-state index in [-0.39, 0.29) is 6.04 Å². The molecule has 108 valence electrons. The summed E-state index contributed by atoms with van der Waals surface area (Å²) in [7, 11) is 0. The Kier molecular flexibility index (Phi) is 4.13. The van der Waals surface area contributed by atoms with Gasteiger partial charge in [0.1, 0.15) is 11.5 Å². The quantitative estimate of drug-likeness (QED) is 0.907. The Morgan fingerprint density at radius 2 is 1.90 bits per heavy atom. The summed E-state index contributed by atoms with van der Waals surface area (Å²) in [4.78, 5) is 11.0. The van der Waals surface area contributed by atoms with Crippen molar-refractivity contribution in [3.63, 3.8) is 0 Å². The molecule has 2 aromatic rings. The van der Waals surface area contributed by atoms with Gasteiger partial charge < -0.3 is 9.84 Å². The molecule has 0 aliphatic carbocycles. The van der Waals surface area contributed by atoms with Crippen molar-refractivity contribution in [3.05, 3.63) is 60.2 Å². The van der Waals surface area contributed by atoms with Gasteiger partial charge in [-0.25, -0.2) is 4.79 Å². The van der Waals surface area contributed by atoms with E-state index in [0.717, 1.165) is 22.8 Å². The molecule has 0 spiro atoms. The van der Waals surface area contributed by atoms with E-state index in [4.69, 9.17) is 9.84 Å². The number of nitrogens with one attached hydrogen (secondary N) is 1. The highest BCUT2D eigenvalue weighted by Gasteiger charge is 2.30. The minimum atomic E-state index is -0.820. The van der Waals surface area contributed by atoms with Crippen LogP contribution in [0.25, 0.3) is 0 Å². The van der Waals surface area contributed by atoms with Crippen LogP contribution in [0.2, 0.25) is 0 Å². The fraction of sp³-hybridized carbons (Fsp3) is 0.188. The van der Waals surface area contributed by atoms with E-state index in [9.17, 15) is 4.79 Å². The van der Waals surface area contributed by atoms with Gasteiger partial charge in [-0.05, 0) is 29.8 Å². The first kappa shape index (κ1) is 14.0. The van der Waals surface area contributed by atoms with Crippen LogP contribution in [-0.4, -0.2) is 22.2 Å². The Morgan fingerprint density at radius 3 is 2.62 bits per heavy atom. The Hall–Kier alpha value is -1.98. The first-order chi connectivity index (χ1) is 10.2. The van der Waals surface area contributed by atoms with Crippen molar-refractivity contribution in [1.29, 1.82) is 0 Å². The number of ether oxygens (including phenoxy) is 1. The molecule has 5 heteroatoms. The topological polar surface area (TPSA) is 58.6 Å². The molecule has 2 unspecified atom stereocenters. The van der Waals surface area contributed by atoms with Crippen LogP contribution in [0.15, 0.2) is 54.6 Å². The predicted molar refractivity (Wildman–Crippen MR) is 82.7 cm³/mol. The van der Waals surface area contributed by atoms with Gasteiger partial charge in [0.15, 0.2) is 5.37 Å². The second-order valence-corrected chi connectivity index (χ2v) is 5.90. The van der Waals surface area contributed by atoms with Gasteiger partial charge in [0.25, 0.3) is 0 Å². The zero-order valence-electron chi connectivity index (χ0n) is 11.2. The molecule has 2 N–H and O–H groups in total. The average molecular weight is 301 g/mol. The number of rotatable bonds is 4. The van der Waals surface area contributed by atoms with Gasteiger partial charge in [-0.1, -0.05) is 30.3 Å². The predicted octanol–water partition coefficient (Wildman–Crippen LogP) is 3.27. The van der Waals surface area contributed by atoms with Crippen molar-refractivity contribution in [2.75, 3.05) is 5.75 Å². The third-order valence-electron chi connectivity index (χ3n) is 3.25. The summed E-state index contributed by atoms with van der Waals surface area (Å²) in [5, 5.41) is 11.6. The Balaban J connectivity index is 1.73. The van der Waals surface area contributed by atoms with Crippen LogP contribution in [0.1, 0.15) is 11.6 Å². The number of carboxylic acid groups (broad SMARTS) is 1. The van der Waals surface area contributed by atoms with E-state index < -0.39 is 11.3 Å². The van der Waals surface area contributed by atoms with Crippen LogP contribution in [0, 0.1) is 0 Å². The van der Waals surface area contributed by atoms with Crippen molar-refractivity contribution < 1.29 is 14.6 Å². The molecule has 1 saturated heterocycles. The van der Waals surface area contributed by atoms with E-state index in [1.165, 1.54) is 11.8 Å². The molecule has 2 atom stereocenters. The molecule has 1 aliphatic rings. The summed E-state index contributed by atoms with van der Waals surface area (Å²) in [5.41, 5.74) is 1.04. The summed E-state index contributed by atoms with van der Waals surface area (Å²) in [6.45, 7) is 0. The van der Waals surface area contributed by atoms with E-state index in [0.29, 0.717) is 0 Å². The van der Waals surface area contributed by atoms with Crippen molar-refractivity contribution >= 4 is 17.7 Å². The summed E-state index contributed by atoms with van der Waals surface area (Å²) in [6, 6.07) is 17.4. The molecular formula is C16H15NO3S. The van der Waals surface area contributed by atoms with Crippen LogP contribution < -0.4 is 10.1 Å². The van der Waals surface area contributed by atoms with Crippen LogP contribution in [-0.2, 0) is 4.79 Å². The molecule has 0 bridgehead atoms. The summed E-state index contributed by atoms with van der Waals surface area (Å²) >= 11 is 1.41. The molecule has 1 fully saturated rings. The van der Waals surface area contributed by atoms with Gasteiger partial charge >= 0.3 is 5.97 Å². The zero-order valence-corrected chi connectivity index (χ0v) is 12.0. The van der Waals surface area contributed by atoms with Crippen molar-refractivity contribution in [2.24, 2.45) is 0 Å². The second kappa shape index (κ2) is 6.20. The Labute approximate surface area is 127 Å². The molecule has 0 aromatic heterocycles. The molecule has 0 radical (unpaired) electrons. The van der Waals surface area contributed by atoms with Crippen LogP contribution >= 0.6 is 11.8 Å². The number of aliphatic carboxylic acids is 1. The Bertz CT molecular complexity index is 632. The molecule has 2 aromatic carbocycles. The van der Waals surface area contributed by atoms with Crippen LogP contribution in [0.4, 0.5) is 0 Å². The van der Waals surface area contributed by atoms with Crippen molar-refractivity contribution in [1.82, 2.24) is 5.32 Å². The maximum atomic E-state index is 11.0. The summed E-state index contributed by atoms with van der Waals surface area (Å²) in [6.07, 6.45) is 0. The lowest BCUT2D eigenvalue weighted by molar-refractivity contribution is -0.137. The molecule has 1 heterocycles. The third kappa shape index (κ3) is 3.37. The maximum Gasteiger partial charge on any atom is 0.331 e. The number of thioether (sulfide) groups is 1. The summed E-state index contributed by atoms with van der Waals surface area (Å²) in [5.74, 6) is 1.46. The van der Waals surface area contributed by atoms with E-state index in [2.05, 4.69) is 5.32 Å². The lowest BCUT2D eigenvalue weighted by Gasteiger charge is -2.13. The highest BCUT2D eigenvalue weighted by Crippen LogP contribution is 2.31. The van der Waals surface area contributed by atoms with Gasteiger partial charge in [-0.2, -0.15) is 0 Å². The lowest BCUT2D eigenvalue weighted by atomic mass is 10.1. The highest BCUT2D eigenvalue weighted by molar-refractivity contribution is 8.00. The lowest BCUT2D eigenvalue weighted by Crippen LogP contribution is -2.30. The molecular weight excluding hydrogens is 286 g/mol. The second-order valence-electron chi connectivity index (χ2n) is 4.76. The third-order valence-corrected chi connectivity index (χ3v) is 4.44. The fourth-order valence-electron chi connectivity index (χ4n) is 2.23. The maximum absolute atomic E-state index is 11.0. The largest absolute Gasteiger partial charge is 0.479 e. The number of hydrogen-bond donors (Lipinski definition) is 2. The molecule has 3 rings (SSSR count). The van der Waals surface area contributed by atoms with Crippen LogP contribution in [0.3, 0.4) is 0 Å². The monoisotopic (exact) mass is 301 g/mol. The molecule has 1 aliphatic heterocycles. The minimum Gasteiger partial charge on any atom is -0.479 e. The molecule has 4 nitrogen and oxygen atoms in total. The van der Waals surface area contributed by atoms with Gasteiger partial charge in [0.05, 0.1) is 0 Å². The van der Waals surface area contributed by atoms with Crippen LogP contribution in [0.5, 0.6) is 11.5 Å². The first-order valence-corrected chi connectivity index (χ1v) is 7.70. The highest BCUT2D eigenvalue weighted by atomic mass is 32.2. The molecule has 21 heavy (non-hydrogen) atoms. The van der Waals surface area contributed by atoms with E-state index in [1.807, 2.05) is 54.6 Å². The Morgan fingerprint density at radius 1 is 1.14 bits per heavy atom. The van der Waals surface area contributed by atoms with E-state index in [1.54, 1.807) is 0 Å². The van der Waals surface area contributed by atoms with E-state index >= 15 is 0 Å². The number of benzene rings is 2. The number of hydrogen-bond acceptors (Lipinski definition) is 4.